The van der Waals surface area contributed by atoms with E-state index in [2.05, 4.69) is 9.88 Å². The average Bonchev–Trinajstić information content (AvgIpc) is 2.83. The number of morpholine rings is 1. The SMILES string of the molecule is COC(=O)C1=C(C)N(CCN2CCOCC2)c2cc[nH]c(=O)c2C1c1ccccc1[N+](=O)[O-]. The number of aromatic nitrogens is 1. The molecular formula is C23H26N4O6. The Morgan fingerprint density at radius 1 is 1.24 bits per heavy atom. The Morgan fingerprint density at radius 2 is 1.97 bits per heavy atom. The Kier molecular flexibility index (Phi) is 6.57. The van der Waals surface area contributed by atoms with Crippen LogP contribution in [0, 0.1) is 10.1 Å². The van der Waals surface area contributed by atoms with Crippen molar-refractivity contribution in [1.82, 2.24) is 9.88 Å². The first-order chi connectivity index (χ1) is 15.9. The van der Waals surface area contributed by atoms with Gasteiger partial charge in [0.25, 0.3) is 11.2 Å². The molecule has 1 aromatic carbocycles. The molecule has 1 N–H and O–H groups in total. The van der Waals surface area contributed by atoms with Crippen molar-refractivity contribution in [3.8, 4) is 0 Å². The molecule has 174 valence electrons. The van der Waals surface area contributed by atoms with Gasteiger partial charge in [-0.05, 0) is 13.0 Å². The lowest BCUT2D eigenvalue weighted by Gasteiger charge is -2.38. The van der Waals surface area contributed by atoms with E-state index in [0.29, 0.717) is 43.3 Å². The van der Waals surface area contributed by atoms with Crippen LogP contribution < -0.4 is 10.5 Å². The Balaban J connectivity index is 1.87. The number of hydrogen-bond donors (Lipinski definition) is 1. The summed E-state index contributed by atoms with van der Waals surface area (Å²) in [6.07, 6.45) is 1.55. The Labute approximate surface area is 190 Å². The van der Waals surface area contributed by atoms with E-state index in [9.17, 15) is 19.7 Å². The van der Waals surface area contributed by atoms with Crippen molar-refractivity contribution in [2.75, 3.05) is 51.4 Å². The van der Waals surface area contributed by atoms with Crippen molar-refractivity contribution >= 4 is 17.3 Å². The summed E-state index contributed by atoms with van der Waals surface area (Å²) in [6, 6.07) is 7.95. The number of ether oxygens (including phenoxy) is 2. The molecule has 1 saturated heterocycles. The number of esters is 1. The first kappa shape index (κ1) is 22.7. The van der Waals surface area contributed by atoms with E-state index in [1.54, 1.807) is 37.4 Å². The van der Waals surface area contributed by atoms with Crippen LogP contribution in [0.5, 0.6) is 0 Å². The van der Waals surface area contributed by atoms with Crippen LogP contribution in [0.1, 0.15) is 24.0 Å². The molecule has 1 aromatic heterocycles. The second-order valence-electron chi connectivity index (χ2n) is 7.95. The van der Waals surface area contributed by atoms with Crippen molar-refractivity contribution in [3.63, 3.8) is 0 Å². The summed E-state index contributed by atoms with van der Waals surface area (Å²) < 4.78 is 10.5. The molecule has 1 unspecified atom stereocenters. The predicted octanol–water partition coefficient (Wildman–Crippen LogP) is 2.01. The summed E-state index contributed by atoms with van der Waals surface area (Å²) in [5.74, 6) is -1.56. The number of nitro benzene ring substituents is 1. The quantitative estimate of drug-likeness (QED) is 0.400. The number of carbonyl (C=O) groups excluding carboxylic acids is 1. The number of aromatic amines is 1. The molecule has 2 aliphatic heterocycles. The molecule has 0 amide bonds. The van der Waals surface area contributed by atoms with Gasteiger partial charge in [-0.15, -0.1) is 0 Å². The smallest absolute Gasteiger partial charge is 0.336 e. The van der Waals surface area contributed by atoms with E-state index >= 15 is 0 Å². The monoisotopic (exact) mass is 454 g/mol. The van der Waals surface area contributed by atoms with E-state index in [-0.39, 0.29) is 16.8 Å². The number of carbonyl (C=O) groups is 1. The van der Waals surface area contributed by atoms with Crippen LogP contribution in [-0.2, 0) is 14.3 Å². The zero-order chi connectivity index (χ0) is 23.5. The number of rotatable bonds is 6. The maximum absolute atomic E-state index is 13.1. The number of hydrogen-bond acceptors (Lipinski definition) is 8. The lowest BCUT2D eigenvalue weighted by molar-refractivity contribution is -0.385. The molecule has 0 radical (unpaired) electrons. The zero-order valence-electron chi connectivity index (χ0n) is 18.6. The fraction of sp³-hybridized carbons (Fsp3) is 0.391. The second-order valence-corrected chi connectivity index (χ2v) is 7.95. The number of nitrogens with one attached hydrogen (secondary N) is 1. The van der Waals surface area contributed by atoms with Gasteiger partial charge in [-0.2, -0.15) is 0 Å². The topological polar surface area (TPSA) is 118 Å². The van der Waals surface area contributed by atoms with E-state index < -0.39 is 22.4 Å². The minimum absolute atomic E-state index is 0.160. The molecule has 0 saturated carbocycles. The highest BCUT2D eigenvalue weighted by Crippen LogP contribution is 2.45. The summed E-state index contributed by atoms with van der Waals surface area (Å²) in [7, 11) is 1.27. The predicted molar refractivity (Wildman–Crippen MR) is 121 cm³/mol. The number of fused-ring (bicyclic) bond motifs is 1. The maximum Gasteiger partial charge on any atom is 0.336 e. The third-order valence-electron chi connectivity index (χ3n) is 6.23. The van der Waals surface area contributed by atoms with E-state index in [4.69, 9.17) is 9.47 Å². The van der Waals surface area contributed by atoms with Crippen LogP contribution in [0.4, 0.5) is 11.4 Å². The summed E-state index contributed by atoms with van der Waals surface area (Å²) in [6.45, 7) is 5.97. The number of para-hydroxylation sites is 1. The number of anilines is 1. The highest BCUT2D eigenvalue weighted by molar-refractivity contribution is 5.95. The van der Waals surface area contributed by atoms with Gasteiger partial charge in [0.2, 0.25) is 0 Å². The lowest BCUT2D eigenvalue weighted by Crippen LogP contribution is -2.43. The summed E-state index contributed by atoms with van der Waals surface area (Å²) in [5.41, 5.74) is 1.45. The van der Waals surface area contributed by atoms with Gasteiger partial charge in [0, 0.05) is 49.7 Å². The number of methoxy groups -OCH3 is 1. The number of pyridine rings is 1. The van der Waals surface area contributed by atoms with Crippen molar-refractivity contribution in [2.24, 2.45) is 0 Å². The number of nitrogens with zero attached hydrogens (tertiary/aromatic N) is 3. The van der Waals surface area contributed by atoms with Crippen molar-refractivity contribution in [2.45, 2.75) is 12.8 Å². The summed E-state index contributed by atoms with van der Waals surface area (Å²) in [5, 5.41) is 11.8. The molecule has 2 aliphatic rings. The van der Waals surface area contributed by atoms with Gasteiger partial charge in [0.15, 0.2) is 0 Å². The standard InChI is InChI=1S/C23H26N4O6/c1-15-19(23(29)32-2)20(16-5-3-4-6-17(16)27(30)31)21-18(7-8-24-22(21)28)26(15)10-9-25-11-13-33-14-12-25/h3-8,20H,9-14H2,1-2H3,(H,24,28). The van der Waals surface area contributed by atoms with Gasteiger partial charge < -0.3 is 19.4 Å². The molecule has 0 spiro atoms. The van der Waals surface area contributed by atoms with Crippen LogP contribution in [0.25, 0.3) is 0 Å². The van der Waals surface area contributed by atoms with E-state index in [1.165, 1.54) is 13.2 Å². The second kappa shape index (κ2) is 9.55. The largest absolute Gasteiger partial charge is 0.466 e. The number of nitro groups is 1. The number of benzene rings is 1. The van der Waals surface area contributed by atoms with Crippen molar-refractivity contribution < 1.29 is 19.2 Å². The number of allylic oxidation sites excluding steroid dienone is 1. The number of H-pyrrole nitrogens is 1. The average molecular weight is 454 g/mol. The van der Waals surface area contributed by atoms with Gasteiger partial charge >= 0.3 is 5.97 Å². The normalized spacial score (nSPS) is 18.7. The molecule has 33 heavy (non-hydrogen) atoms. The fourth-order valence-electron chi connectivity index (χ4n) is 4.61. The van der Waals surface area contributed by atoms with Crippen LogP contribution in [-0.4, -0.2) is 67.3 Å². The van der Waals surface area contributed by atoms with Crippen LogP contribution >= 0.6 is 0 Å². The Hall–Kier alpha value is -3.50. The molecule has 1 fully saturated rings. The molecule has 10 nitrogen and oxygen atoms in total. The molecule has 0 bridgehead atoms. The highest BCUT2D eigenvalue weighted by Gasteiger charge is 2.40. The first-order valence-corrected chi connectivity index (χ1v) is 10.8. The molecule has 4 rings (SSSR count). The molecule has 1 atom stereocenters. The summed E-state index contributed by atoms with van der Waals surface area (Å²) >= 11 is 0. The maximum atomic E-state index is 13.1. The summed E-state index contributed by atoms with van der Waals surface area (Å²) in [4.78, 5) is 44.2. The molecule has 3 heterocycles. The molecule has 2 aromatic rings. The van der Waals surface area contributed by atoms with Crippen LogP contribution in [0.15, 0.2) is 52.6 Å². The Morgan fingerprint density at radius 3 is 2.67 bits per heavy atom. The van der Waals surface area contributed by atoms with Gasteiger partial charge in [-0.25, -0.2) is 4.79 Å². The van der Waals surface area contributed by atoms with Gasteiger partial charge in [-0.1, -0.05) is 18.2 Å². The van der Waals surface area contributed by atoms with E-state index in [1.807, 2.05) is 4.90 Å². The van der Waals surface area contributed by atoms with E-state index in [0.717, 1.165) is 13.1 Å². The molecular weight excluding hydrogens is 428 g/mol. The van der Waals surface area contributed by atoms with Crippen molar-refractivity contribution in [1.29, 1.82) is 0 Å². The highest BCUT2D eigenvalue weighted by atomic mass is 16.6. The third kappa shape index (κ3) is 4.27. The zero-order valence-corrected chi connectivity index (χ0v) is 18.6. The van der Waals surface area contributed by atoms with Gasteiger partial charge in [0.1, 0.15) is 0 Å². The third-order valence-corrected chi connectivity index (χ3v) is 6.23. The molecule has 0 aliphatic carbocycles. The van der Waals surface area contributed by atoms with Gasteiger partial charge in [-0.3, -0.25) is 19.8 Å². The minimum atomic E-state index is -0.932. The van der Waals surface area contributed by atoms with Crippen LogP contribution in [0.2, 0.25) is 0 Å². The lowest BCUT2D eigenvalue weighted by atomic mass is 9.80. The first-order valence-electron chi connectivity index (χ1n) is 10.8. The van der Waals surface area contributed by atoms with Crippen LogP contribution in [0.3, 0.4) is 0 Å². The van der Waals surface area contributed by atoms with Crippen molar-refractivity contribution in [3.05, 3.63) is 79.4 Å². The van der Waals surface area contributed by atoms with Gasteiger partial charge in [0.05, 0.1) is 48.0 Å². The Bertz CT molecular complexity index is 1150. The minimum Gasteiger partial charge on any atom is -0.466 e. The fourth-order valence-corrected chi connectivity index (χ4v) is 4.61. The molecule has 10 heteroatoms.